The Morgan fingerprint density at radius 3 is 2.61 bits per heavy atom. The number of hydrogen-bond acceptors (Lipinski definition) is 4. The molecule has 6 heteroatoms. The molecule has 3 aliphatic heterocycles. The van der Waals surface area contributed by atoms with Gasteiger partial charge in [0.05, 0.1) is 6.10 Å². The number of piperidine rings is 2. The van der Waals surface area contributed by atoms with Gasteiger partial charge in [-0.05, 0) is 44.1 Å². The molecule has 0 radical (unpaired) electrons. The molecule has 0 aromatic carbocycles. The van der Waals surface area contributed by atoms with Gasteiger partial charge in [0.1, 0.15) is 6.04 Å². The SMILES string of the molecule is CC(C)CN1CCCC(CN2C(=O)C3C(O)CCCN3C2=O)C1. The largest absolute Gasteiger partial charge is 0.390 e. The minimum Gasteiger partial charge on any atom is -0.390 e. The molecule has 3 atom stereocenters. The number of amides is 3. The summed E-state index contributed by atoms with van der Waals surface area (Å²) in [6.07, 6.45) is 2.88. The normalized spacial score (nSPS) is 32.8. The third kappa shape index (κ3) is 3.38. The highest BCUT2D eigenvalue weighted by Crippen LogP contribution is 2.29. The maximum atomic E-state index is 12.6. The summed E-state index contributed by atoms with van der Waals surface area (Å²) in [6.45, 7) is 8.68. The summed E-state index contributed by atoms with van der Waals surface area (Å²) in [5, 5.41) is 10.1. The number of likely N-dealkylation sites (tertiary alicyclic amines) is 1. The van der Waals surface area contributed by atoms with E-state index in [0.29, 0.717) is 31.3 Å². The van der Waals surface area contributed by atoms with Gasteiger partial charge in [0.2, 0.25) is 0 Å². The zero-order valence-corrected chi connectivity index (χ0v) is 14.3. The molecule has 0 aromatic heterocycles. The second-order valence-corrected chi connectivity index (χ2v) is 7.74. The van der Waals surface area contributed by atoms with E-state index < -0.39 is 12.1 Å². The Kier molecular flexibility index (Phi) is 4.92. The molecule has 3 unspecified atom stereocenters. The topological polar surface area (TPSA) is 64.1 Å². The zero-order valence-electron chi connectivity index (χ0n) is 14.3. The number of imide groups is 1. The fraction of sp³-hybridized carbons (Fsp3) is 0.882. The summed E-state index contributed by atoms with van der Waals surface area (Å²) in [7, 11) is 0. The highest BCUT2D eigenvalue weighted by molar-refractivity contribution is 6.04. The lowest BCUT2D eigenvalue weighted by molar-refractivity contribution is -0.132. The van der Waals surface area contributed by atoms with Crippen LogP contribution in [0.3, 0.4) is 0 Å². The minimum absolute atomic E-state index is 0.191. The molecule has 3 aliphatic rings. The van der Waals surface area contributed by atoms with Gasteiger partial charge in [-0.25, -0.2) is 4.79 Å². The van der Waals surface area contributed by atoms with E-state index in [-0.39, 0.29) is 11.9 Å². The van der Waals surface area contributed by atoms with Gasteiger partial charge < -0.3 is 14.9 Å². The van der Waals surface area contributed by atoms with Crippen molar-refractivity contribution in [1.29, 1.82) is 0 Å². The number of carbonyl (C=O) groups excluding carboxylic acids is 2. The maximum absolute atomic E-state index is 12.6. The Hall–Kier alpha value is -1.14. The summed E-state index contributed by atoms with van der Waals surface area (Å²) in [5.74, 6) is 0.796. The Morgan fingerprint density at radius 1 is 1.17 bits per heavy atom. The molecule has 3 saturated heterocycles. The van der Waals surface area contributed by atoms with Gasteiger partial charge in [-0.2, -0.15) is 0 Å². The molecular weight excluding hydrogens is 294 g/mol. The summed E-state index contributed by atoms with van der Waals surface area (Å²) in [4.78, 5) is 30.5. The smallest absolute Gasteiger partial charge is 0.327 e. The summed E-state index contributed by atoms with van der Waals surface area (Å²) in [6, 6.07) is -0.827. The second-order valence-electron chi connectivity index (χ2n) is 7.74. The quantitative estimate of drug-likeness (QED) is 0.788. The summed E-state index contributed by atoms with van der Waals surface area (Å²) >= 11 is 0. The standard InChI is InChI=1S/C17H29N3O3/c1-12(2)9-18-7-3-5-13(10-18)11-20-16(22)15-14(21)6-4-8-19(15)17(20)23/h12-15,21H,3-11H2,1-2H3. The first-order chi connectivity index (χ1) is 11.0. The molecule has 130 valence electrons. The molecule has 3 amide bonds. The van der Waals surface area contributed by atoms with Crippen LogP contribution in [-0.2, 0) is 4.79 Å². The van der Waals surface area contributed by atoms with Gasteiger partial charge in [0.15, 0.2) is 0 Å². The van der Waals surface area contributed by atoms with Crippen molar-refractivity contribution < 1.29 is 14.7 Å². The van der Waals surface area contributed by atoms with Gasteiger partial charge in [-0.1, -0.05) is 13.8 Å². The van der Waals surface area contributed by atoms with Crippen molar-refractivity contribution in [3.63, 3.8) is 0 Å². The van der Waals surface area contributed by atoms with E-state index in [9.17, 15) is 14.7 Å². The van der Waals surface area contributed by atoms with Crippen LogP contribution in [0.15, 0.2) is 0 Å². The first-order valence-corrected chi connectivity index (χ1v) is 8.99. The summed E-state index contributed by atoms with van der Waals surface area (Å²) in [5.41, 5.74) is 0. The van der Waals surface area contributed by atoms with Crippen LogP contribution in [0, 0.1) is 11.8 Å². The number of fused-ring (bicyclic) bond motifs is 1. The molecule has 1 N–H and O–H groups in total. The third-order valence-electron chi connectivity index (χ3n) is 5.26. The number of aliphatic hydroxyl groups excluding tert-OH is 1. The molecule has 3 heterocycles. The minimum atomic E-state index is -0.700. The van der Waals surface area contributed by atoms with Gasteiger partial charge >= 0.3 is 6.03 Å². The molecule has 0 aromatic rings. The van der Waals surface area contributed by atoms with Crippen molar-refractivity contribution in [3.05, 3.63) is 0 Å². The van der Waals surface area contributed by atoms with Crippen molar-refractivity contribution >= 4 is 11.9 Å². The van der Waals surface area contributed by atoms with Crippen LogP contribution in [0.1, 0.15) is 39.5 Å². The predicted molar refractivity (Wildman–Crippen MR) is 86.8 cm³/mol. The Labute approximate surface area is 138 Å². The highest BCUT2D eigenvalue weighted by atomic mass is 16.3. The number of nitrogens with zero attached hydrogens (tertiary/aromatic N) is 3. The van der Waals surface area contributed by atoms with Crippen LogP contribution in [0.2, 0.25) is 0 Å². The molecule has 3 rings (SSSR count). The third-order valence-corrected chi connectivity index (χ3v) is 5.26. The van der Waals surface area contributed by atoms with Crippen LogP contribution >= 0.6 is 0 Å². The van der Waals surface area contributed by atoms with E-state index in [1.54, 1.807) is 4.90 Å². The monoisotopic (exact) mass is 323 g/mol. The van der Waals surface area contributed by atoms with E-state index in [4.69, 9.17) is 0 Å². The van der Waals surface area contributed by atoms with Gasteiger partial charge in [-0.3, -0.25) is 9.69 Å². The van der Waals surface area contributed by atoms with Crippen LogP contribution in [0.5, 0.6) is 0 Å². The highest BCUT2D eigenvalue weighted by Gasteiger charge is 2.50. The second kappa shape index (κ2) is 6.77. The van der Waals surface area contributed by atoms with Gasteiger partial charge in [0.25, 0.3) is 5.91 Å². The van der Waals surface area contributed by atoms with Crippen molar-refractivity contribution in [2.75, 3.05) is 32.7 Å². The number of aliphatic hydroxyl groups is 1. The van der Waals surface area contributed by atoms with Crippen molar-refractivity contribution in [2.24, 2.45) is 11.8 Å². The van der Waals surface area contributed by atoms with E-state index in [1.165, 1.54) is 4.90 Å². The number of urea groups is 1. The fourth-order valence-electron chi connectivity index (χ4n) is 4.31. The van der Waals surface area contributed by atoms with E-state index in [0.717, 1.165) is 38.9 Å². The molecule has 0 saturated carbocycles. The molecule has 6 nitrogen and oxygen atoms in total. The van der Waals surface area contributed by atoms with Crippen LogP contribution in [-0.4, -0.2) is 76.6 Å². The first kappa shape index (κ1) is 16.7. The molecule has 0 aliphatic carbocycles. The number of carbonyl (C=O) groups is 2. The van der Waals surface area contributed by atoms with Crippen molar-refractivity contribution in [1.82, 2.24) is 14.7 Å². The first-order valence-electron chi connectivity index (χ1n) is 8.99. The molecule has 0 bridgehead atoms. The fourth-order valence-corrected chi connectivity index (χ4v) is 4.31. The molecule has 3 fully saturated rings. The van der Waals surface area contributed by atoms with Crippen molar-refractivity contribution in [2.45, 2.75) is 51.7 Å². The lowest BCUT2D eigenvalue weighted by Crippen LogP contribution is -2.48. The van der Waals surface area contributed by atoms with Crippen molar-refractivity contribution in [3.8, 4) is 0 Å². The summed E-state index contributed by atoms with van der Waals surface area (Å²) < 4.78 is 0. The maximum Gasteiger partial charge on any atom is 0.327 e. The van der Waals surface area contributed by atoms with Gasteiger partial charge in [0, 0.05) is 26.2 Å². The zero-order chi connectivity index (χ0) is 16.6. The van der Waals surface area contributed by atoms with Crippen LogP contribution in [0.4, 0.5) is 4.79 Å². The van der Waals surface area contributed by atoms with Crippen LogP contribution in [0.25, 0.3) is 0 Å². The van der Waals surface area contributed by atoms with E-state index in [2.05, 4.69) is 18.7 Å². The Balaban J connectivity index is 1.63. The number of hydrogen-bond donors (Lipinski definition) is 1. The number of rotatable bonds is 4. The van der Waals surface area contributed by atoms with Gasteiger partial charge in [-0.15, -0.1) is 0 Å². The average molecular weight is 323 g/mol. The predicted octanol–water partition coefficient (Wildman–Crippen LogP) is 1.14. The lowest BCUT2D eigenvalue weighted by Gasteiger charge is -2.35. The van der Waals surface area contributed by atoms with E-state index in [1.807, 2.05) is 0 Å². The lowest BCUT2D eigenvalue weighted by atomic mass is 9.96. The Morgan fingerprint density at radius 2 is 1.91 bits per heavy atom. The van der Waals surface area contributed by atoms with Crippen LogP contribution < -0.4 is 0 Å². The van der Waals surface area contributed by atoms with E-state index >= 15 is 0 Å². The Bertz CT molecular complexity index is 468. The average Bonchev–Trinajstić information content (AvgIpc) is 2.73. The molecule has 23 heavy (non-hydrogen) atoms. The molecular formula is C17H29N3O3. The molecule has 0 spiro atoms.